The molecule has 1 N–H and O–H groups in total. The number of rotatable bonds is 7. The van der Waals surface area contributed by atoms with Crippen LogP contribution in [0.1, 0.15) is 56.9 Å². The smallest absolute Gasteiger partial charge is 0.339 e. The fourth-order valence-electron chi connectivity index (χ4n) is 4.34. The Morgan fingerprint density at radius 3 is 2.47 bits per heavy atom. The molecule has 4 rings (SSSR count). The first-order valence-electron chi connectivity index (χ1n) is 11.6. The number of nitrogens with one attached hydrogen (secondary N) is 1. The highest BCUT2D eigenvalue weighted by Crippen LogP contribution is 2.24. The minimum absolute atomic E-state index is 0.0826. The first-order valence-corrected chi connectivity index (χ1v) is 11.6. The third-order valence-corrected chi connectivity index (χ3v) is 6.19. The average molecular weight is 466 g/mol. The van der Waals surface area contributed by atoms with Crippen molar-refractivity contribution in [3.63, 3.8) is 0 Å². The molecule has 0 radical (unpaired) electrons. The van der Waals surface area contributed by atoms with E-state index >= 15 is 0 Å². The number of amides is 1. The van der Waals surface area contributed by atoms with Gasteiger partial charge in [0, 0.05) is 37.4 Å². The van der Waals surface area contributed by atoms with Gasteiger partial charge in [-0.2, -0.15) is 4.98 Å². The number of methoxy groups -OCH3 is 1. The topological polar surface area (TPSA) is 105 Å². The van der Waals surface area contributed by atoms with E-state index in [4.69, 9.17) is 9.26 Å². The van der Waals surface area contributed by atoms with Gasteiger partial charge in [0.05, 0.1) is 19.2 Å². The third kappa shape index (κ3) is 4.89. The Balaban J connectivity index is 1.39. The predicted octanol–water partition coefficient (Wildman–Crippen LogP) is 3.38. The van der Waals surface area contributed by atoms with Gasteiger partial charge >= 0.3 is 5.97 Å². The maximum Gasteiger partial charge on any atom is 0.339 e. The first kappa shape index (κ1) is 23.7. The lowest BCUT2D eigenvalue weighted by Gasteiger charge is -2.34. The lowest BCUT2D eigenvalue weighted by Crippen LogP contribution is -2.48. The van der Waals surface area contributed by atoms with Crippen molar-refractivity contribution in [1.82, 2.24) is 24.9 Å². The van der Waals surface area contributed by atoms with Crippen molar-refractivity contribution in [3.8, 4) is 11.4 Å². The van der Waals surface area contributed by atoms with Crippen LogP contribution >= 0.6 is 0 Å². The molecule has 1 fully saturated rings. The standard InChI is InChI=1S/C25H31N5O4/c1-5-6-19-21(25(32)33-4)17(3)26-22(19)24(31)30-13-11-29(12-14-30)15-20-27-23(28-34-20)18-9-7-16(2)8-10-18/h7-10,26H,5-6,11-15H2,1-4H3. The Labute approximate surface area is 199 Å². The van der Waals surface area contributed by atoms with Crippen LogP contribution in [0.3, 0.4) is 0 Å². The summed E-state index contributed by atoms with van der Waals surface area (Å²) in [5.41, 5.74) is 4.48. The number of hydrogen-bond acceptors (Lipinski definition) is 7. The summed E-state index contributed by atoms with van der Waals surface area (Å²) in [5, 5.41) is 4.10. The van der Waals surface area contributed by atoms with Crippen LogP contribution in [0, 0.1) is 13.8 Å². The van der Waals surface area contributed by atoms with Crippen LogP contribution in [-0.2, 0) is 17.7 Å². The molecule has 3 heterocycles. The highest BCUT2D eigenvalue weighted by Gasteiger charge is 2.29. The van der Waals surface area contributed by atoms with Crippen LogP contribution in [-0.4, -0.2) is 70.1 Å². The SMILES string of the molecule is CCCc1c(C(=O)N2CCN(Cc3nc(-c4ccc(C)cc4)no3)CC2)[nH]c(C)c1C(=O)OC. The summed E-state index contributed by atoms with van der Waals surface area (Å²) in [4.78, 5) is 37.3. The van der Waals surface area contributed by atoms with Gasteiger partial charge in [0.1, 0.15) is 5.69 Å². The fourth-order valence-corrected chi connectivity index (χ4v) is 4.34. The van der Waals surface area contributed by atoms with Crippen LogP contribution in [0.15, 0.2) is 28.8 Å². The Hall–Kier alpha value is -3.46. The molecule has 1 saturated heterocycles. The molecule has 0 atom stereocenters. The highest BCUT2D eigenvalue weighted by molar-refractivity contribution is 6.00. The molecule has 180 valence electrons. The van der Waals surface area contributed by atoms with Crippen LogP contribution < -0.4 is 0 Å². The highest BCUT2D eigenvalue weighted by atomic mass is 16.5. The zero-order chi connectivity index (χ0) is 24.2. The molecule has 1 aliphatic rings. The Morgan fingerprint density at radius 1 is 1.12 bits per heavy atom. The molecule has 0 aliphatic carbocycles. The summed E-state index contributed by atoms with van der Waals surface area (Å²) >= 11 is 0. The molecule has 34 heavy (non-hydrogen) atoms. The van der Waals surface area contributed by atoms with E-state index in [9.17, 15) is 9.59 Å². The number of H-pyrrole nitrogens is 1. The van der Waals surface area contributed by atoms with Gasteiger partial charge in [-0.05, 0) is 25.8 Å². The van der Waals surface area contributed by atoms with Crippen molar-refractivity contribution < 1.29 is 18.8 Å². The summed E-state index contributed by atoms with van der Waals surface area (Å²) in [5.74, 6) is 0.644. The van der Waals surface area contributed by atoms with E-state index in [1.54, 1.807) is 6.92 Å². The molecule has 9 heteroatoms. The van der Waals surface area contributed by atoms with E-state index in [2.05, 4.69) is 20.0 Å². The van der Waals surface area contributed by atoms with Crippen molar-refractivity contribution in [2.45, 2.75) is 40.2 Å². The largest absolute Gasteiger partial charge is 0.465 e. The number of carbonyl (C=O) groups is 2. The van der Waals surface area contributed by atoms with Crippen molar-refractivity contribution in [2.75, 3.05) is 33.3 Å². The number of hydrogen-bond donors (Lipinski definition) is 1. The van der Waals surface area contributed by atoms with Gasteiger partial charge in [0.25, 0.3) is 5.91 Å². The minimum Gasteiger partial charge on any atom is -0.465 e. The van der Waals surface area contributed by atoms with Gasteiger partial charge < -0.3 is 19.1 Å². The second kappa shape index (κ2) is 10.2. The molecule has 0 saturated carbocycles. The van der Waals surface area contributed by atoms with Gasteiger partial charge in [-0.25, -0.2) is 4.79 Å². The van der Waals surface area contributed by atoms with Crippen molar-refractivity contribution in [2.24, 2.45) is 0 Å². The zero-order valence-electron chi connectivity index (χ0n) is 20.2. The van der Waals surface area contributed by atoms with Crippen LogP contribution in [0.2, 0.25) is 0 Å². The molecule has 0 unspecified atom stereocenters. The first-order chi connectivity index (χ1) is 16.4. The van der Waals surface area contributed by atoms with Gasteiger partial charge in [-0.3, -0.25) is 9.69 Å². The van der Waals surface area contributed by atoms with E-state index in [1.807, 2.05) is 43.0 Å². The van der Waals surface area contributed by atoms with Gasteiger partial charge in [-0.15, -0.1) is 0 Å². The average Bonchev–Trinajstić information content (AvgIpc) is 3.43. The minimum atomic E-state index is -0.411. The number of ether oxygens (including phenoxy) is 1. The molecule has 0 bridgehead atoms. The molecule has 1 aliphatic heterocycles. The van der Waals surface area contributed by atoms with E-state index in [1.165, 1.54) is 12.7 Å². The number of carbonyl (C=O) groups excluding carboxylic acids is 2. The number of nitrogens with zero attached hydrogens (tertiary/aromatic N) is 4. The monoisotopic (exact) mass is 465 g/mol. The summed E-state index contributed by atoms with van der Waals surface area (Å²) in [6, 6.07) is 8.00. The molecule has 3 aromatic rings. The van der Waals surface area contributed by atoms with Crippen LogP contribution in [0.4, 0.5) is 0 Å². The molecule has 9 nitrogen and oxygen atoms in total. The predicted molar refractivity (Wildman–Crippen MR) is 127 cm³/mol. The maximum absolute atomic E-state index is 13.3. The van der Waals surface area contributed by atoms with E-state index < -0.39 is 5.97 Å². The van der Waals surface area contributed by atoms with E-state index in [0.717, 1.165) is 17.5 Å². The number of esters is 1. The molecule has 0 spiro atoms. The van der Waals surface area contributed by atoms with Crippen LogP contribution in [0.25, 0.3) is 11.4 Å². The quantitative estimate of drug-likeness (QED) is 0.533. The molecule has 1 aromatic carbocycles. The molecular formula is C25H31N5O4. The van der Waals surface area contributed by atoms with E-state index in [0.29, 0.717) is 67.8 Å². The number of aryl methyl sites for hydroxylation is 2. The lowest BCUT2D eigenvalue weighted by molar-refractivity contribution is 0.0598. The normalized spacial score (nSPS) is 14.4. The maximum atomic E-state index is 13.3. The van der Waals surface area contributed by atoms with E-state index in [-0.39, 0.29) is 5.91 Å². The number of aromatic nitrogens is 3. The second-order valence-electron chi connectivity index (χ2n) is 8.67. The summed E-state index contributed by atoms with van der Waals surface area (Å²) < 4.78 is 10.4. The molecular weight excluding hydrogens is 434 g/mol. The fraction of sp³-hybridized carbons (Fsp3) is 0.440. The third-order valence-electron chi connectivity index (χ3n) is 6.19. The molecule has 2 aromatic heterocycles. The van der Waals surface area contributed by atoms with Crippen molar-refractivity contribution >= 4 is 11.9 Å². The Morgan fingerprint density at radius 2 is 1.82 bits per heavy atom. The van der Waals surface area contributed by atoms with Gasteiger partial charge in [0.2, 0.25) is 11.7 Å². The summed E-state index contributed by atoms with van der Waals surface area (Å²) in [6.07, 6.45) is 1.46. The lowest BCUT2D eigenvalue weighted by atomic mass is 10.0. The van der Waals surface area contributed by atoms with Crippen molar-refractivity contribution in [3.05, 3.63) is 58.2 Å². The molecule has 1 amide bonds. The Kier molecular flexibility index (Phi) is 7.12. The zero-order valence-corrected chi connectivity index (χ0v) is 20.2. The van der Waals surface area contributed by atoms with Crippen LogP contribution in [0.5, 0.6) is 0 Å². The number of aromatic amines is 1. The second-order valence-corrected chi connectivity index (χ2v) is 8.67. The number of piperazine rings is 1. The van der Waals surface area contributed by atoms with Crippen molar-refractivity contribution in [1.29, 1.82) is 0 Å². The number of benzene rings is 1. The summed E-state index contributed by atoms with van der Waals surface area (Å²) in [7, 11) is 1.36. The van der Waals surface area contributed by atoms with Gasteiger partial charge in [0.15, 0.2) is 0 Å². The van der Waals surface area contributed by atoms with Gasteiger partial charge in [-0.1, -0.05) is 48.3 Å². The Bertz CT molecular complexity index is 1160. The summed E-state index contributed by atoms with van der Waals surface area (Å²) in [6.45, 7) is 8.95.